The molecule has 0 spiro atoms. The summed E-state index contributed by atoms with van der Waals surface area (Å²) in [5.74, 6) is 0.900. The minimum absolute atomic E-state index is 0.00309. The normalized spacial score (nSPS) is 18.5. The fourth-order valence-electron chi connectivity index (χ4n) is 2.73. The summed E-state index contributed by atoms with van der Waals surface area (Å²) < 4.78 is 5.65. The van der Waals surface area contributed by atoms with E-state index in [0.717, 1.165) is 29.7 Å². The summed E-state index contributed by atoms with van der Waals surface area (Å²) in [4.78, 5) is 11.8. The van der Waals surface area contributed by atoms with Crippen LogP contribution in [0.5, 0.6) is 5.75 Å². The average Bonchev–Trinajstić information content (AvgIpc) is 2.98. The smallest absolute Gasteiger partial charge is 0.244 e. The lowest BCUT2D eigenvalue weighted by Gasteiger charge is -2.15. The van der Waals surface area contributed by atoms with Crippen LogP contribution in [0.4, 0.5) is 0 Å². The zero-order chi connectivity index (χ0) is 13.8. The van der Waals surface area contributed by atoms with Crippen LogP contribution in [0.25, 0.3) is 6.08 Å². The molecule has 3 nitrogen and oxygen atoms in total. The molecule has 1 saturated carbocycles. The number of hydrogen-bond acceptors (Lipinski definition) is 2. The molecular formula is C17H19NO2. The van der Waals surface area contributed by atoms with E-state index in [0.29, 0.717) is 12.6 Å². The standard InChI is InChI=1S/C17H19NO2/c19-17(18-15-6-2-3-7-15)10-9-13-11-14-5-1-4-8-16(14)20-12-13/h1,4-5,8-11,15H,2-3,6-7,12H2,(H,18,19)/b10-9+. The topological polar surface area (TPSA) is 38.3 Å². The molecule has 0 unspecified atom stereocenters. The zero-order valence-electron chi connectivity index (χ0n) is 11.5. The highest BCUT2D eigenvalue weighted by molar-refractivity contribution is 5.88. The van der Waals surface area contributed by atoms with Crippen LogP contribution in [0.2, 0.25) is 0 Å². The molecule has 3 rings (SSSR count). The number of ether oxygens (including phenoxy) is 1. The molecule has 1 amide bonds. The number of fused-ring (bicyclic) bond motifs is 1. The molecule has 0 radical (unpaired) electrons. The fraction of sp³-hybridized carbons (Fsp3) is 0.353. The molecule has 104 valence electrons. The third kappa shape index (κ3) is 3.10. The average molecular weight is 269 g/mol. The summed E-state index contributed by atoms with van der Waals surface area (Å²) in [7, 11) is 0. The number of carbonyl (C=O) groups is 1. The van der Waals surface area contributed by atoms with Gasteiger partial charge in [-0.2, -0.15) is 0 Å². The predicted molar refractivity (Wildman–Crippen MR) is 79.5 cm³/mol. The van der Waals surface area contributed by atoms with Gasteiger partial charge in [-0.25, -0.2) is 0 Å². The maximum atomic E-state index is 11.8. The molecule has 0 atom stereocenters. The molecule has 1 aliphatic carbocycles. The van der Waals surface area contributed by atoms with Crippen LogP contribution in [-0.2, 0) is 4.79 Å². The van der Waals surface area contributed by atoms with Crippen molar-refractivity contribution in [3.05, 3.63) is 47.6 Å². The first kappa shape index (κ1) is 13.0. The molecule has 20 heavy (non-hydrogen) atoms. The van der Waals surface area contributed by atoms with E-state index < -0.39 is 0 Å². The monoisotopic (exact) mass is 269 g/mol. The van der Waals surface area contributed by atoms with Crippen molar-refractivity contribution >= 4 is 12.0 Å². The lowest BCUT2D eigenvalue weighted by atomic mass is 10.1. The molecule has 0 bridgehead atoms. The second-order valence-corrected chi connectivity index (χ2v) is 5.37. The molecule has 1 aliphatic heterocycles. The minimum Gasteiger partial charge on any atom is -0.488 e. The van der Waals surface area contributed by atoms with E-state index in [2.05, 4.69) is 11.4 Å². The van der Waals surface area contributed by atoms with Crippen molar-refractivity contribution in [1.82, 2.24) is 5.32 Å². The van der Waals surface area contributed by atoms with E-state index in [1.165, 1.54) is 12.8 Å². The highest BCUT2D eigenvalue weighted by Crippen LogP contribution is 2.26. The van der Waals surface area contributed by atoms with Gasteiger partial charge in [-0.1, -0.05) is 37.1 Å². The Labute approximate surface area is 119 Å². The Morgan fingerprint density at radius 3 is 2.90 bits per heavy atom. The third-order valence-corrected chi connectivity index (χ3v) is 3.80. The van der Waals surface area contributed by atoms with Gasteiger partial charge in [0.1, 0.15) is 12.4 Å². The van der Waals surface area contributed by atoms with E-state index in [1.807, 2.05) is 30.3 Å². The minimum atomic E-state index is -0.00309. The van der Waals surface area contributed by atoms with Crippen LogP contribution >= 0.6 is 0 Å². The summed E-state index contributed by atoms with van der Waals surface area (Å²) in [6.45, 7) is 0.518. The van der Waals surface area contributed by atoms with Crippen molar-refractivity contribution in [3.8, 4) is 5.75 Å². The zero-order valence-corrected chi connectivity index (χ0v) is 11.5. The van der Waals surface area contributed by atoms with Gasteiger partial charge in [0.25, 0.3) is 0 Å². The molecule has 0 saturated heterocycles. The second-order valence-electron chi connectivity index (χ2n) is 5.37. The number of para-hydroxylation sites is 1. The van der Waals surface area contributed by atoms with Gasteiger partial charge in [-0.3, -0.25) is 4.79 Å². The molecule has 0 aromatic heterocycles. The highest BCUT2D eigenvalue weighted by atomic mass is 16.5. The molecule has 1 aromatic carbocycles. The lowest BCUT2D eigenvalue weighted by molar-refractivity contribution is -0.117. The van der Waals surface area contributed by atoms with Crippen molar-refractivity contribution in [1.29, 1.82) is 0 Å². The van der Waals surface area contributed by atoms with Gasteiger partial charge >= 0.3 is 0 Å². The molecule has 3 heteroatoms. The Bertz CT molecular complexity index is 554. The van der Waals surface area contributed by atoms with Crippen LogP contribution in [0, 0.1) is 0 Å². The molecule has 1 N–H and O–H groups in total. The maximum absolute atomic E-state index is 11.8. The maximum Gasteiger partial charge on any atom is 0.244 e. The number of benzene rings is 1. The number of rotatable bonds is 3. The Morgan fingerprint density at radius 2 is 2.05 bits per heavy atom. The fourth-order valence-corrected chi connectivity index (χ4v) is 2.73. The van der Waals surface area contributed by atoms with Crippen LogP contribution in [-0.4, -0.2) is 18.6 Å². The third-order valence-electron chi connectivity index (χ3n) is 3.80. The largest absolute Gasteiger partial charge is 0.488 e. The van der Waals surface area contributed by atoms with E-state index in [9.17, 15) is 4.79 Å². The molecule has 1 aromatic rings. The SMILES string of the molecule is O=C(/C=C/C1=Cc2ccccc2OC1)NC1CCCC1. The molecule has 1 fully saturated rings. The Kier molecular flexibility index (Phi) is 3.86. The Morgan fingerprint density at radius 1 is 1.25 bits per heavy atom. The first-order valence-electron chi connectivity index (χ1n) is 7.22. The first-order chi connectivity index (χ1) is 9.81. The summed E-state index contributed by atoms with van der Waals surface area (Å²) in [6.07, 6.45) is 10.2. The van der Waals surface area contributed by atoms with Crippen LogP contribution in [0.15, 0.2) is 42.0 Å². The van der Waals surface area contributed by atoms with Crippen molar-refractivity contribution in [2.75, 3.05) is 6.61 Å². The quantitative estimate of drug-likeness (QED) is 0.856. The van der Waals surface area contributed by atoms with Crippen LogP contribution < -0.4 is 10.1 Å². The number of hydrogen-bond donors (Lipinski definition) is 1. The Hall–Kier alpha value is -2.03. The van der Waals surface area contributed by atoms with Crippen LogP contribution in [0.3, 0.4) is 0 Å². The van der Waals surface area contributed by atoms with Crippen molar-refractivity contribution < 1.29 is 9.53 Å². The summed E-state index contributed by atoms with van der Waals surface area (Å²) in [5, 5.41) is 3.04. The first-order valence-corrected chi connectivity index (χ1v) is 7.22. The van der Waals surface area contributed by atoms with E-state index in [-0.39, 0.29) is 5.91 Å². The second kappa shape index (κ2) is 5.95. The highest BCUT2D eigenvalue weighted by Gasteiger charge is 2.16. The van der Waals surface area contributed by atoms with Gasteiger partial charge in [0.15, 0.2) is 0 Å². The van der Waals surface area contributed by atoms with E-state index in [4.69, 9.17) is 4.74 Å². The number of nitrogens with one attached hydrogen (secondary N) is 1. The van der Waals surface area contributed by atoms with Crippen molar-refractivity contribution in [2.24, 2.45) is 0 Å². The van der Waals surface area contributed by atoms with Gasteiger partial charge < -0.3 is 10.1 Å². The summed E-state index contributed by atoms with van der Waals surface area (Å²) >= 11 is 0. The molecular weight excluding hydrogens is 250 g/mol. The molecule has 1 heterocycles. The van der Waals surface area contributed by atoms with Gasteiger partial charge in [0.05, 0.1) is 0 Å². The van der Waals surface area contributed by atoms with Gasteiger partial charge in [-0.05, 0) is 30.6 Å². The van der Waals surface area contributed by atoms with Crippen LogP contribution in [0.1, 0.15) is 31.2 Å². The van der Waals surface area contributed by atoms with Gasteiger partial charge in [0, 0.05) is 17.7 Å². The molecule has 2 aliphatic rings. The summed E-state index contributed by atoms with van der Waals surface area (Å²) in [6, 6.07) is 8.28. The van der Waals surface area contributed by atoms with E-state index >= 15 is 0 Å². The predicted octanol–water partition coefficient (Wildman–Crippen LogP) is 3.08. The van der Waals surface area contributed by atoms with Gasteiger partial charge in [0.2, 0.25) is 5.91 Å². The Balaban J connectivity index is 1.61. The van der Waals surface area contributed by atoms with E-state index in [1.54, 1.807) is 6.08 Å². The van der Waals surface area contributed by atoms with Crippen molar-refractivity contribution in [3.63, 3.8) is 0 Å². The van der Waals surface area contributed by atoms with Gasteiger partial charge in [-0.15, -0.1) is 0 Å². The lowest BCUT2D eigenvalue weighted by Crippen LogP contribution is -2.31. The summed E-state index contributed by atoms with van der Waals surface area (Å²) in [5.41, 5.74) is 2.08. The van der Waals surface area contributed by atoms with Crippen molar-refractivity contribution in [2.45, 2.75) is 31.7 Å². The number of carbonyl (C=O) groups excluding carboxylic acids is 1. The number of amides is 1.